The van der Waals surface area contributed by atoms with Gasteiger partial charge in [0, 0.05) is 24.8 Å². The lowest BCUT2D eigenvalue weighted by Crippen LogP contribution is -2.09. The zero-order chi connectivity index (χ0) is 14.0. The van der Waals surface area contributed by atoms with Crippen LogP contribution in [0.5, 0.6) is 0 Å². The third-order valence-corrected chi connectivity index (χ3v) is 3.54. The number of hydrogen-bond donors (Lipinski definition) is 1. The Morgan fingerprint density at radius 1 is 1.45 bits per heavy atom. The van der Waals surface area contributed by atoms with Gasteiger partial charge in [0.1, 0.15) is 23.9 Å². The largest absolute Gasteiger partial charge is 0.377 e. The van der Waals surface area contributed by atoms with E-state index in [0.717, 1.165) is 23.1 Å². The Balaban J connectivity index is 1.62. The van der Waals surface area contributed by atoms with Crippen molar-refractivity contribution in [1.82, 2.24) is 15.1 Å². The van der Waals surface area contributed by atoms with Crippen molar-refractivity contribution in [3.8, 4) is 0 Å². The maximum Gasteiger partial charge on any atom is 0.162 e. The Hall–Kier alpha value is -1.95. The van der Waals surface area contributed by atoms with E-state index in [2.05, 4.69) is 27.4 Å². The summed E-state index contributed by atoms with van der Waals surface area (Å²) in [5.41, 5.74) is 1.01. The number of hydrogen-bond acceptors (Lipinski definition) is 6. The van der Waals surface area contributed by atoms with Crippen molar-refractivity contribution in [2.45, 2.75) is 38.3 Å². The van der Waals surface area contributed by atoms with Gasteiger partial charge >= 0.3 is 0 Å². The lowest BCUT2D eigenvalue weighted by atomic mass is 10.1. The average molecular weight is 274 g/mol. The van der Waals surface area contributed by atoms with Crippen LogP contribution in [0.4, 0.5) is 5.82 Å². The van der Waals surface area contributed by atoms with Gasteiger partial charge in [0.2, 0.25) is 0 Å². The molecule has 1 aliphatic carbocycles. The van der Waals surface area contributed by atoms with Crippen molar-refractivity contribution in [2.24, 2.45) is 0 Å². The molecule has 6 heteroatoms. The SMILES string of the molecule is COCc1cc(CNc2ccnc(C3(C)CC3)n2)no1. The van der Waals surface area contributed by atoms with E-state index < -0.39 is 0 Å². The second-order valence-electron chi connectivity index (χ2n) is 5.40. The number of methoxy groups -OCH3 is 1. The monoisotopic (exact) mass is 274 g/mol. The van der Waals surface area contributed by atoms with Crippen LogP contribution < -0.4 is 5.32 Å². The van der Waals surface area contributed by atoms with Crippen LogP contribution in [-0.2, 0) is 23.3 Å². The number of rotatable bonds is 6. The van der Waals surface area contributed by atoms with Gasteiger partial charge in [-0.1, -0.05) is 12.1 Å². The van der Waals surface area contributed by atoms with Gasteiger partial charge in [-0.3, -0.25) is 0 Å². The highest BCUT2D eigenvalue weighted by atomic mass is 16.5. The Morgan fingerprint density at radius 2 is 2.30 bits per heavy atom. The number of nitrogens with one attached hydrogen (secondary N) is 1. The molecule has 1 saturated carbocycles. The fourth-order valence-corrected chi connectivity index (χ4v) is 1.99. The van der Waals surface area contributed by atoms with E-state index in [0.29, 0.717) is 13.2 Å². The highest BCUT2D eigenvalue weighted by Gasteiger charge is 2.42. The summed E-state index contributed by atoms with van der Waals surface area (Å²) in [6.45, 7) is 3.20. The second-order valence-corrected chi connectivity index (χ2v) is 5.40. The molecule has 0 bridgehead atoms. The molecular weight excluding hydrogens is 256 g/mol. The van der Waals surface area contributed by atoms with Gasteiger partial charge in [0.15, 0.2) is 5.76 Å². The van der Waals surface area contributed by atoms with Crippen molar-refractivity contribution in [3.05, 3.63) is 35.6 Å². The summed E-state index contributed by atoms with van der Waals surface area (Å²) in [5.74, 6) is 2.46. The molecule has 0 spiro atoms. The Labute approximate surface area is 117 Å². The van der Waals surface area contributed by atoms with E-state index >= 15 is 0 Å². The first kappa shape index (κ1) is 13.1. The lowest BCUT2D eigenvalue weighted by Gasteiger charge is -2.09. The predicted octanol–water partition coefficient (Wildman–Crippen LogP) is 2.27. The average Bonchev–Trinajstić information content (AvgIpc) is 3.06. The quantitative estimate of drug-likeness (QED) is 0.871. The number of nitrogens with zero attached hydrogens (tertiary/aromatic N) is 3. The van der Waals surface area contributed by atoms with Gasteiger partial charge in [-0.25, -0.2) is 9.97 Å². The summed E-state index contributed by atoms with van der Waals surface area (Å²) in [5, 5.41) is 7.21. The smallest absolute Gasteiger partial charge is 0.162 e. The van der Waals surface area contributed by atoms with E-state index in [1.54, 1.807) is 13.3 Å². The molecule has 106 valence electrons. The minimum Gasteiger partial charge on any atom is -0.377 e. The zero-order valence-electron chi connectivity index (χ0n) is 11.7. The topological polar surface area (TPSA) is 73.1 Å². The fraction of sp³-hybridized carbons (Fsp3) is 0.500. The lowest BCUT2D eigenvalue weighted by molar-refractivity contribution is 0.156. The van der Waals surface area contributed by atoms with Crippen LogP contribution >= 0.6 is 0 Å². The molecule has 6 nitrogen and oxygen atoms in total. The summed E-state index contributed by atoms with van der Waals surface area (Å²) in [6.07, 6.45) is 4.13. The molecule has 0 radical (unpaired) electrons. The third kappa shape index (κ3) is 2.80. The molecule has 1 N–H and O–H groups in total. The summed E-state index contributed by atoms with van der Waals surface area (Å²) in [6, 6.07) is 3.74. The molecule has 0 atom stereocenters. The first-order valence-corrected chi connectivity index (χ1v) is 6.70. The molecule has 20 heavy (non-hydrogen) atoms. The van der Waals surface area contributed by atoms with Crippen molar-refractivity contribution in [3.63, 3.8) is 0 Å². The Bertz CT molecular complexity index is 592. The van der Waals surface area contributed by atoms with E-state index in [4.69, 9.17) is 9.26 Å². The number of ether oxygens (including phenoxy) is 1. The summed E-state index contributed by atoms with van der Waals surface area (Å²) >= 11 is 0. The maximum atomic E-state index is 5.13. The highest BCUT2D eigenvalue weighted by Crippen LogP contribution is 2.45. The number of anilines is 1. The maximum absolute atomic E-state index is 5.13. The van der Waals surface area contributed by atoms with Crippen molar-refractivity contribution >= 4 is 5.82 Å². The molecule has 3 rings (SSSR count). The van der Waals surface area contributed by atoms with Gasteiger partial charge < -0.3 is 14.6 Å². The van der Waals surface area contributed by atoms with Crippen molar-refractivity contribution in [1.29, 1.82) is 0 Å². The second kappa shape index (κ2) is 5.20. The summed E-state index contributed by atoms with van der Waals surface area (Å²) in [7, 11) is 1.63. The summed E-state index contributed by atoms with van der Waals surface area (Å²) in [4.78, 5) is 8.91. The van der Waals surface area contributed by atoms with Crippen LogP contribution in [0, 0.1) is 0 Å². The van der Waals surface area contributed by atoms with Crippen LogP contribution in [0.3, 0.4) is 0 Å². The van der Waals surface area contributed by atoms with Crippen LogP contribution in [0.1, 0.15) is 37.0 Å². The minimum absolute atomic E-state index is 0.178. The molecule has 0 aliphatic heterocycles. The van der Waals surface area contributed by atoms with Crippen LogP contribution in [0.15, 0.2) is 22.9 Å². The van der Waals surface area contributed by atoms with Crippen LogP contribution in [-0.4, -0.2) is 22.2 Å². The molecular formula is C14H18N4O2. The van der Waals surface area contributed by atoms with Gasteiger partial charge in [-0.15, -0.1) is 0 Å². The summed E-state index contributed by atoms with van der Waals surface area (Å²) < 4.78 is 10.1. The highest BCUT2D eigenvalue weighted by molar-refractivity contribution is 5.35. The van der Waals surface area contributed by atoms with E-state index in [9.17, 15) is 0 Å². The molecule has 2 heterocycles. The first-order valence-electron chi connectivity index (χ1n) is 6.70. The molecule has 0 amide bonds. The van der Waals surface area contributed by atoms with E-state index in [-0.39, 0.29) is 5.41 Å². The van der Waals surface area contributed by atoms with Crippen LogP contribution in [0.2, 0.25) is 0 Å². The van der Waals surface area contributed by atoms with Gasteiger partial charge in [-0.05, 0) is 18.9 Å². The van der Waals surface area contributed by atoms with Crippen LogP contribution in [0.25, 0.3) is 0 Å². The zero-order valence-corrected chi connectivity index (χ0v) is 11.7. The molecule has 0 unspecified atom stereocenters. The van der Waals surface area contributed by atoms with E-state index in [1.807, 2.05) is 12.1 Å². The molecule has 1 fully saturated rings. The Morgan fingerprint density at radius 3 is 3.05 bits per heavy atom. The third-order valence-electron chi connectivity index (χ3n) is 3.54. The fourth-order valence-electron chi connectivity index (χ4n) is 1.99. The van der Waals surface area contributed by atoms with Gasteiger partial charge in [0.25, 0.3) is 0 Å². The predicted molar refractivity (Wildman–Crippen MR) is 73.2 cm³/mol. The van der Waals surface area contributed by atoms with Crippen molar-refractivity contribution in [2.75, 3.05) is 12.4 Å². The normalized spacial score (nSPS) is 16.1. The first-order chi connectivity index (χ1) is 9.69. The standard InChI is InChI=1S/C14H18N4O2/c1-14(4-5-14)13-15-6-3-12(17-13)16-8-10-7-11(9-19-2)20-18-10/h3,6-7H,4-5,8-9H2,1-2H3,(H,15,16,17). The molecule has 0 saturated heterocycles. The van der Waals surface area contributed by atoms with Gasteiger partial charge in [-0.2, -0.15) is 0 Å². The molecule has 2 aromatic rings. The minimum atomic E-state index is 0.178. The van der Waals surface area contributed by atoms with E-state index in [1.165, 1.54) is 12.8 Å². The molecule has 1 aliphatic rings. The number of aromatic nitrogens is 3. The Kier molecular flexibility index (Phi) is 3.40. The molecule has 2 aromatic heterocycles. The molecule has 0 aromatic carbocycles. The van der Waals surface area contributed by atoms with Crippen molar-refractivity contribution < 1.29 is 9.26 Å². The van der Waals surface area contributed by atoms with Gasteiger partial charge in [0.05, 0.1) is 6.54 Å².